The fourth-order valence-electron chi connectivity index (χ4n) is 4.23. The molecule has 0 aliphatic carbocycles. The predicted octanol–water partition coefficient (Wildman–Crippen LogP) is 3.59. The Morgan fingerprint density at radius 1 is 1.03 bits per heavy atom. The van der Waals surface area contributed by atoms with E-state index in [0.29, 0.717) is 19.8 Å². The van der Waals surface area contributed by atoms with Crippen LogP contribution in [0, 0.1) is 20.8 Å². The van der Waals surface area contributed by atoms with Crippen LogP contribution >= 0.6 is 0 Å². The lowest BCUT2D eigenvalue weighted by Crippen LogP contribution is -2.37. The molecule has 1 fully saturated rings. The highest BCUT2D eigenvalue weighted by Gasteiger charge is 2.24. The zero-order valence-electron chi connectivity index (χ0n) is 17.8. The lowest BCUT2D eigenvalue weighted by atomic mass is 10.1. The van der Waals surface area contributed by atoms with Crippen molar-refractivity contribution >= 4 is 16.6 Å². The summed E-state index contributed by atoms with van der Waals surface area (Å²) >= 11 is 0. The molecule has 7 nitrogen and oxygen atoms in total. The van der Waals surface area contributed by atoms with Crippen molar-refractivity contribution in [2.75, 3.05) is 44.9 Å². The van der Waals surface area contributed by atoms with Crippen LogP contribution in [0.3, 0.4) is 0 Å². The minimum atomic E-state index is 0.618. The molecule has 3 aromatic rings. The first-order chi connectivity index (χ1) is 14.1. The highest BCUT2D eigenvalue weighted by molar-refractivity contribution is 5.99. The summed E-state index contributed by atoms with van der Waals surface area (Å²) in [5.41, 5.74) is 4.16. The highest BCUT2D eigenvalue weighted by atomic mass is 16.5. The van der Waals surface area contributed by atoms with Crippen LogP contribution in [0.4, 0.5) is 5.82 Å². The molecule has 0 spiro atoms. The molecule has 1 aliphatic rings. The number of hydrogen-bond acceptors (Lipinski definition) is 6. The minimum absolute atomic E-state index is 0.618. The van der Waals surface area contributed by atoms with Crippen LogP contribution in [0.2, 0.25) is 0 Å². The van der Waals surface area contributed by atoms with Crippen molar-refractivity contribution in [1.29, 1.82) is 0 Å². The van der Waals surface area contributed by atoms with Crippen LogP contribution in [0.25, 0.3) is 16.5 Å². The molecule has 7 heteroatoms. The number of morpholine rings is 1. The van der Waals surface area contributed by atoms with E-state index in [4.69, 9.17) is 14.2 Å². The van der Waals surface area contributed by atoms with Crippen molar-refractivity contribution in [2.45, 2.75) is 27.7 Å². The molecule has 1 saturated heterocycles. The molecule has 4 rings (SSSR count). The molecule has 154 valence electrons. The number of anilines is 1. The third-order valence-corrected chi connectivity index (χ3v) is 5.54. The second kappa shape index (κ2) is 7.91. The van der Waals surface area contributed by atoms with E-state index in [9.17, 15) is 0 Å². The molecule has 1 aromatic carbocycles. The third kappa shape index (κ3) is 3.29. The second-order valence-corrected chi connectivity index (χ2v) is 7.23. The van der Waals surface area contributed by atoms with Gasteiger partial charge in [0.15, 0.2) is 5.82 Å². The summed E-state index contributed by atoms with van der Waals surface area (Å²) in [5, 5.41) is 11.3. The number of rotatable bonds is 5. The van der Waals surface area contributed by atoms with Gasteiger partial charge in [-0.2, -0.15) is 5.10 Å². The number of methoxy groups -OCH3 is 1. The van der Waals surface area contributed by atoms with Gasteiger partial charge in [-0.3, -0.25) is 0 Å². The second-order valence-electron chi connectivity index (χ2n) is 7.23. The van der Waals surface area contributed by atoms with Crippen LogP contribution in [-0.4, -0.2) is 54.8 Å². The molecule has 0 saturated carbocycles. The molecule has 0 radical (unpaired) electrons. The highest BCUT2D eigenvalue weighted by Crippen LogP contribution is 2.38. The number of fused-ring (bicyclic) bond motifs is 1. The average Bonchev–Trinajstić information content (AvgIpc) is 3.00. The van der Waals surface area contributed by atoms with Crippen molar-refractivity contribution in [2.24, 2.45) is 0 Å². The normalized spacial score (nSPS) is 14.4. The van der Waals surface area contributed by atoms with Crippen LogP contribution in [0.15, 0.2) is 18.2 Å². The number of benzene rings is 1. The van der Waals surface area contributed by atoms with Gasteiger partial charge in [0.2, 0.25) is 0 Å². The van der Waals surface area contributed by atoms with E-state index in [2.05, 4.69) is 33.5 Å². The fourth-order valence-corrected chi connectivity index (χ4v) is 4.23. The van der Waals surface area contributed by atoms with Gasteiger partial charge in [-0.15, -0.1) is 5.10 Å². The molecule has 0 unspecified atom stereocenters. The lowest BCUT2D eigenvalue weighted by Gasteiger charge is -2.28. The fraction of sp³-hybridized carbons (Fsp3) is 0.455. The Labute approximate surface area is 171 Å². The Balaban J connectivity index is 1.94. The van der Waals surface area contributed by atoms with Gasteiger partial charge >= 0.3 is 0 Å². The number of ether oxygens (including phenoxy) is 3. The SMILES string of the molecule is CCOc1ccc(-n2c(C)c3c(C)nnc(N4CCOCC4)c3c2C)c(OC)c1. The zero-order chi connectivity index (χ0) is 20.5. The van der Waals surface area contributed by atoms with Crippen LogP contribution < -0.4 is 14.4 Å². The molecule has 3 heterocycles. The van der Waals surface area contributed by atoms with Gasteiger partial charge in [0.05, 0.1) is 38.3 Å². The van der Waals surface area contributed by atoms with Crippen molar-refractivity contribution in [3.8, 4) is 17.2 Å². The zero-order valence-corrected chi connectivity index (χ0v) is 17.8. The molecular formula is C22H28N4O3. The molecule has 0 amide bonds. The van der Waals surface area contributed by atoms with Crippen LogP contribution in [0.5, 0.6) is 11.5 Å². The van der Waals surface area contributed by atoms with Gasteiger partial charge in [-0.1, -0.05) is 0 Å². The number of aryl methyl sites for hydroxylation is 3. The standard InChI is InChI=1S/C22H28N4O3/c1-6-29-17-7-8-18(19(13-17)27-5)26-15(3)20-14(2)23-24-22(21(20)16(26)4)25-9-11-28-12-10-25/h7-8,13H,6,9-12H2,1-5H3. The summed E-state index contributed by atoms with van der Waals surface area (Å²) in [4.78, 5) is 2.27. The van der Waals surface area contributed by atoms with E-state index in [-0.39, 0.29) is 0 Å². The molecule has 1 aliphatic heterocycles. The molecular weight excluding hydrogens is 368 g/mol. The monoisotopic (exact) mass is 396 g/mol. The Kier molecular flexibility index (Phi) is 5.32. The van der Waals surface area contributed by atoms with Crippen molar-refractivity contribution < 1.29 is 14.2 Å². The number of hydrogen-bond donors (Lipinski definition) is 0. The van der Waals surface area contributed by atoms with E-state index in [1.54, 1.807) is 7.11 Å². The maximum atomic E-state index is 5.71. The number of nitrogens with zero attached hydrogens (tertiary/aromatic N) is 4. The smallest absolute Gasteiger partial charge is 0.161 e. The summed E-state index contributed by atoms with van der Waals surface area (Å²) in [6.07, 6.45) is 0. The average molecular weight is 396 g/mol. The molecule has 0 bridgehead atoms. The molecule has 2 aromatic heterocycles. The Bertz CT molecular complexity index is 1040. The topological polar surface area (TPSA) is 61.6 Å². The van der Waals surface area contributed by atoms with E-state index >= 15 is 0 Å². The van der Waals surface area contributed by atoms with E-state index in [0.717, 1.165) is 63.9 Å². The molecule has 0 N–H and O–H groups in total. The minimum Gasteiger partial charge on any atom is -0.494 e. The van der Waals surface area contributed by atoms with E-state index in [1.807, 2.05) is 32.0 Å². The van der Waals surface area contributed by atoms with Crippen molar-refractivity contribution in [1.82, 2.24) is 14.8 Å². The summed E-state index contributed by atoms with van der Waals surface area (Å²) in [6.45, 7) is 11.9. The number of aromatic nitrogens is 3. The van der Waals surface area contributed by atoms with E-state index in [1.165, 1.54) is 0 Å². The Hall–Kier alpha value is -2.80. The largest absolute Gasteiger partial charge is 0.494 e. The summed E-state index contributed by atoms with van der Waals surface area (Å²) < 4.78 is 19.1. The van der Waals surface area contributed by atoms with Crippen LogP contribution in [-0.2, 0) is 4.74 Å². The van der Waals surface area contributed by atoms with Crippen molar-refractivity contribution in [3.05, 3.63) is 35.3 Å². The summed E-state index contributed by atoms with van der Waals surface area (Å²) in [7, 11) is 1.69. The lowest BCUT2D eigenvalue weighted by molar-refractivity contribution is 0.122. The summed E-state index contributed by atoms with van der Waals surface area (Å²) in [6, 6.07) is 5.97. The predicted molar refractivity (Wildman–Crippen MR) is 114 cm³/mol. The van der Waals surface area contributed by atoms with Gasteiger partial charge in [0.1, 0.15) is 11.5 Å². The van der Waals surface area contributed by atoms with Gasteiger partial charge in [-0.05, 0) is 39.8 Å². The van der Waals surface area contributed by atoms with Gasteiger partial charge < -0.3 is 23.7 Å². The van der Waals surface area contributed by atoms with E-state index < -0.39 is 0 Å². The van der Waals surface area contributed by atoms with Gasteiger partial charge in [-0.25, -0.2) is 0 Å². The van der Waals surface area contributed by atoms with Gasteiger partial charge in [0.25, 0.3) is 0 Å². The maximum absolute atomic E-state index is 5.71. The molecule has 29 heavy (non-hydrogen) atoms. The van der Waals surface area contributed by atoms with Crippen molar-refractivity contribution in [3.63, 3.8) is 0 Å². The Morgan fingerprint density at radius 2 is 1.76 bits per heavy atom. The maximum Gasteiger partial charge on any atom is 0.161 e. The first-order valence-corrected chi connectivity index (χ1v) is 10.1. The summed E-state index contributed by atoms with van der Waals surface area (Å²) in [5.74, 6) is 2.50. The molecule has 0 atom stereocenters. The first kappa shape index (κ1) is 19.5. The Morgan fingerprint density at radius 3 is 2.45 bits per heavy atom. The quantitative estimate of drug-likeness (QED) is 0.657. The van der Waals surface area contributed by atoms with Crippen LogP contribution in [0.1, 0.15) is 24.0 Å². The van der Waals surface area contributed by atoms with Gasteiger partial charge in [0, 0.05) is 41.3 Å². The third-order valence-electron chi connectivity index (χ3n) is 5.54. The first-order valence-electron chi connectivity index (χ1n) is 10.1.